The molecule has 1 atom stereocenters. The summed E-state index contributed by atoms with van der Waals surface area (Å²) in [6.45, 7) is 4.45. The number of rotatable bonds is 0. The topological polar surface area (TPSA) is 0 Å². The zero-order valence-corrected chi connectivity index (χ0v) is 4.42. The van der Waals surface area contributed by atoms with Crippen molar-refractivity contribution in [3.05, 3.63) is 0 Å². The lowest BCUT2D eigenvalue weighted by Gasteiger charge is -1.67. The highest BCUT2D eigenvalue weighted by atomic mass is 31.1. The van der Waals surface area contributed by atoms with Gasteiger partial charge in [-0.1, -0.05) is 15.1 Å². The zero-order valence-electron chi connectivity index (χ0n) is 3.52. The first-order valence-electron chi connectivity index (χ1n) is 1.85. The average Bonchev–Trinajstić information content (AvgIpc) is 1.79. The van der Waals surface area contributed by atoms with E-state index >= 15 is 0 Å². The lowest BCUT2D eigenvalue weighted by atomic mass is 10.4. The fourth-order valence-electron chi connectivity index (χ4n) is 0.268. The second-order valence-electron chi connectivity index (χ2n) is 1.45. The van der Waals surface area contributed by atoms with Gasteiger partial charge in [-0.15, -0.1) is 0 Å². The van der Waals surface area contributed by atoms with Gasteiger partial charge in [-0.3, -0.25) is 0 Å². The Morgan fingerprint density at radius 2 is 2.00 bits per heavy atom. The lowest BCUT2D eigenvalue weighted by Crippen LogP contribution is -1.78. The van der Waals surface area contributed by atoms with Crippen molar-refractivity contribution in [2.45, 2.75) is 19.5 Å². The van der Waals surface area contributed by atoms with Crippen LogP contribution in [0.4, 0.5) is 0 Å². The maximum atomic E-state index is 2.25. The van der Waals surface area contributed by atoms with Crippen molar-refractivity contribution in [3.63, 3.8) is 0 Å². The Balaban J connectivity index is 2.38. The monoisotopic (exact) mass is 86.0 g/mol. The van der Waals surface area contributed by atoms with E-state index < -0.39 is 0 Å². The molecule has 0 aromatic rings. The van der Waals surface area contributed by atoms with Crippen LogP contribution in [0.1, 0.15) is 13.8 Å². The number of hydrogen-bond acceptors (Lipinski definition) is 0. The van der Waals surface area contributed by atoms with E-state index in [4.69, 9.17) is 0 Å². The Bertz CT molecular complexity index is 73.7. The molecule has 0 amide bonds. The average molecular weight is 86.1 g/mol. The molecule has 0 radical (unpaired) electrons. The molecule has 0 fully saturated rings. The van der Waals surface area contributed by atoms with E-state index in [0.717, 1.165) is 5.66 Å². The second-order valence-corrected chi connectivity index (χ2v) is 3.18. The molecule has 1 heterocycles. The van der Waals surface area contributed by atoms with Gasteiger partial charge in [0.25, 0.3) is 0 Å². The zero-order chi connectivity index (χ0) is 3.86. The van der Waals surface area contributed by atoms with Gasteiger partial charge in [0.1, 0.15) is 0 Å². The molecule has 0 saturated carbocycles. The van der Waals surface area contributed by atoms with E-state index in [2.05, 4.69) is 13.8 Å². The molecule has 1 heteroatoms. The minimum Gasteiger partial charge on any atom is -0.0967 e. The Morgan fingerprint density at radius 1 is 1.80 bits per heavy atom. The van der Waals surface area contributed by atoms with Crippen LogP contribution in [0.25, 0.3) is 0 Å². The minimum absolute atomic E-state index is 0.940. The molecule has 0 bridgehead atoms. The van der Waals surface area contributed by atoms with Crippen molar-refractivity contribution < 1.29 is 0 Å². The van der Waals surface area contributed by atoms with Crippen LogP contribution < -0.4 is 0 Å². The van der Waals surface area contributed by atoms with Crippen molar-refractivity contribution in [1.82, 2.24) is 0 Å². The maximum absolute atomic E-state index is 2.25. The molecular formula is C4H7P. The Hall–Kier alpha value is 0.170. The SMILES string of the molecule is CC1=PC1C. The van der Waals surface area contributed by atoms with E-state index in [-0.39, 0.29) is 0 Å². The van der Waals surface area contributed by atoms with Gasteiger partial charge in [0, 0.05) is 5.66 Å². The number of hydrogen-bond donors (Lipinski definition) is 0. The van der Waals surface area contributed by atoms with Crippen molar-refractivity contribution in [2.75, 3.05) is 0 Å². The van der Waals surface area contributed by atoms with Gasteiger partial charge in [0.2, 0.25) is 0 Å². The van der Waals surface area contributed by atoms with Crippen molar-refractivity contribution in [2.24, 2.45) is 0 Å². The molecule has 28 valence electrons. The molecule has 0 nitrogen and oxygen atoms in total. The van der Waals surface area contributed by atoms with Gasteiger partial charge in [0.05, 0.1) is 0 Å². The molecule has 1 rings (SSSR count). The quantitative estimate of drug-likeness (QED) is 0.392. The van der Waals surface area contributed by atoms with Crippen LogP contribution in [0.3, 0.4) is 0 Å². The summed E-state index contributed by atoms with van der Waals surface area (Å²) in [5.74, 6) is 0. The fourth-order valence-corrected chi connectivity index (χ4v) is 0.805. The molecule has 0 N–H and O–H groups in total. The van der Waals surface area contributed by atoms with Crippen molar-refractivity contribution in [1.29, 1.82) is 0 Å². The Kier molecular flexibility index (Phi) is 0.548. The van der Waals surface area contributed by atoms with Crippen LogP contribution >= 0.6 is 8.20 Å². The summed E-state index contributed by atoms with van der Waals surface area (Å²) in [4.78, 5) is 0. The minimum atomic E-state index is 0.940. The van der Waals surface area contributed by atoms with Gasteiger partial charge in [0.15, 0.2) is 0 Å². The standard InChI is InChI=1S/C4H7P/c1-3-4(2)5-3/h3H,1-2H3. The first kappa shape index (κ1) is 3.36. The third-order valence-electron chi connectivity index (χ3n) is 0.934. The van der Waals surface area contributed by atoms with Crippen LogP contribution in [-0.2, 0) is 0 Å². The molecule has 0 aromatic carbocycles. The van der Waals surface area contributed by atoms with Gasteiger partial charge >= 0.3 is 0 Å². The fraction of sp³-hybridized carbons (Fsp3) is 0.750. The van der Waals surface area contributed by atoms with Crippen LogP contribution in [0, 0.1) is 0 Å². The van der Waals surface area contributed by atoms with Crippen LogP contribution in [0.2, 0.25) is 0 Å². The van der Waals surface area contributed by atoms with Gasteiger partial charge in [-0.25, -0.2) is 0 Å². The summed E-state index contributed by atoms with van der Waals surface area (Å²) in [6, 6.07) is 0. The molecule has 1 aliphatic rings. The van der Waals surface area contributed by atoms with Crippen LogP contribution in [0.5, 0.6) is 0 Å². The molecular weight excluding hydrogens is 79.0 g/mol. The predicted molar refractivity (Wildman–Crippen MR) is 27.1 cm³/mol. The molecule has 0 aromatic heterocycles. The summed E-state index contributed by atoms with van der Waals surface area (Å²) in [6.07, 6.45) is 0. The van der Waals surface area contributed by atoms with E-state index in [1.165, 1.54) is 0 Å². The molecule has 5 heavy (non-hydrogen) atoms. The molecule has 0 saturated heterocycles. The van der Waals surface area contributed by atoms with Crippen LogP contribution in [-0.4, -0.2) is 11.0 Å². The van der Waals surface area contributed by atoms with E-state index in [1.807, 2.05) is 0 Å². The third kappa shape index (κ3) is 0.516. The molecule has 0 spiro atoms. The van der Waals surface area contributed by atoms with Gasteiger partial charge < -0.3 is 0 Å². The predicted octanol–water partition coefficient (Wildman–Crippen LogP) is 1.53. The van der Waals surface area contributed by atoms with E-state index in [1.54, 1.807) is 13.5 Å². The van der Waals surface area contributed by atoms with Gasteiger partial charge in [-0.05, 0) is 12.2 Å². The highest BCUT2D eigenvalue weighted by Crippen LogP contribution is 2.28. The van der Waals surface area contributed by atoms with E-state index in [0.29, 0.717) is 0 Å². The first-order chi connectivity index (χ1) is 2.30. The molecule has 0 aliphatic carbocycles. The summed E-state index contributed by atoms with van der Waals surface area (Å²) >= 11 is 0. The largest absolute Gasteiger partial charge is 0.0967 e. The molecule has 1 unspecified atom stereocenters. The van der Waals surface area contributed by atoms with Gasteiger partial charge in [-0.2, -0.15) is 0 Å². The Morgan fingerprint density at radius 3 is 2.00 bits per heavy atom. The summed E-state index contributed by atoms with van der Waals surface area (Å²) in [5, 5.41) is 1.64. The molecule has 1 aliphatic heterocycles. The smallest absolute Gasteiger partial charge is 0.0230 e. The first-order valence-corrected chi connectivity index (χ1v) is 2.81. The summed E-state index contributed by atoms with van der Waals surface area (Å²) in [5.41, 5.74) is 0.940. The normalized spacial score (nSPS) is 36.4. The highest BCUT2D eigenvalue weighted by Gasteiger charge is 2.12. The lowest BCUT2D eigenvalue weighted by molar-refractivity contribution is 1.38. The van der Waals surface area contributed by atoms with E-state index in [9.17, 15) is 0 Å². The third-order valence-corrected chi connectivity index (χ3v) is 2.23. The van der Waals surface area contributed by atoms with Crippen molar-refractivity contribution in [3.8, 4) is 0 Å². The summed E-state index contributed by atoms with van der Waals surface area (Å²) in [7, 11) is 1.58. The van der Waals surface area contributed by atoms with Crippen LogP contribution in [0.15, 0.2) is 0 Å². The Labute approximate surface area is 34.0 Å². The second kappa shape index (κ2) is 0.815. The maximum Gasteiger partial charge on any atom is 0.0230 e. The highest BCUT2D eigenvalue weighted by molar-refractivity contribution is 7.54. The van der Waals surface area contributed by atoms with Crippen molar-refractivity contribution >= 4 is 13.5 Å². The summed E-state index contributed by atoms with van der Waals surface area (Å²) < 4.78 is 0.